The Kier molecular flexibility index (Phi) is 2.97. The quantitative estimate of drug-likeness (QED) is 0.885. The summed E-state index contributed by atoms with van der Waals surface area (Å²) in [6.07, 6.45) is 4.02. The first-order valence-electron chi connectivity index (χ1n) is 6.71. The molecule has 0 aromatic carbocycles. The standard InChI is InChI=1S/C14H18N4O/c1-9-5-12-13(6-10(9)2)18(8-15-12)7-11-3-4-14(19)17-16-11/h3-4,8-10H,5-7H2,1-2H3,(H,17,19). The molecule has 0 radical (unpaired) electrons. The number of nitrogens with one attached hydrogen (secondary N) is 1. The Bertz CT molecular complexity index is 623. The minimum atomic E-state index is -0.168. The third kappa shape index (κ3) is 2.32. The normalized spacial score (nSPS) is 22.2. The van der Waals surface area contributed by atoms with E-state index in [4.69, 9.17) is 0 Å². The molecule has 0 fully saturated rings. The van der Waals surface area contributed by atoms with E-state index in [9.17, 15) is 4.79 Å². The number of nitrogens with zero attached hydrogens (tertiary/aromatic N) is 3. The lowest BCUT2D eigenvalue weighted by atomic mass is 9.82. The van der Waals surface area contributed by atoms with Gasteiger partial charge in [-0.15, -0.1) is 0 Å². The second-order valence-corrected chi connectivity index (χ2v) is 5.54. The van der Waals surface area contributed by atoms with Crippen molar-refractivity contribution >= 4 is 0 Å². The van der Waals surface area contributed by atoms with Crippen LogP contribution in [0.3, 0.4) is 0 Å². The van der Waals surface area contributed by atoms with E-state index in [1.807, 2.05) is 6.33 Å². The van der Waals surface area contributed by atoms with Gasteiger partial charge >= 0.3 is 0 Å². The van der Waals surface area contributed by atoms with Gasteiger partial charge in [-0.3, -0.25) is 4.79 Å². The van der Waals surface area contributed by atoms with Crippen LogP contribution in [0, 0.1) is 11.8 Å². The van der Waals surface area contributed by atoms with Gasteiger partial charge in [0.25, 0.3) is 5.56 Å². The van der Waals surface area contributed by atoms with Crippen LogP contribution in [-0.4, -0.2) is 19.7 Å². The lowest BCUT2D eigenvalue weighted by Crippen LogP contribution is -2.23. The van der Waals surface area contributed by atoms with Gasteiger partial charge in [-0.2, -0.15) is 5.10 Å². The van der Waals surface area contributed by atoms with Crippen LogP contribution in [-0.2, 0) is 19.4 Å². The predicted molar refractivity (Wildman–Crippen MR) is 71.9 cm³/mol. The largest absolute Gasteiger partial charge is 0.328 e. The molecule has 0 saturated carbocycles. The number of hydrogen-bond donors (Lipinski definition) is 1. The van der Waals surface area contributed by atoms with Crippen molar-refractivity contribution in [3.8, 4) is 0 Å². The third-order valence-electron chi connectivity index (χ3n) is 4.10. The summed E-state index contributed by atoms with van der Waals surface area (Å²) < 4.78 is 2.15. The number of aromatic amines is 1. The molecule has 5 heteroatoms. The zero-order chi connectivity index (χ0) is 13.4. The van der Waals surface area contributed by atoms with Crippen LogP contribution in [0.4, 0.5) is 0 Å². The molecule has 0 saturated heterocycles. The average molecular weight is 258 g/mol. The lowest BCUT2D eigenvalue weighted by Gasteiger charge is -2.26. The summed E-state index contributed by atoms with van der Waals surface area (Å²) >= 11 is 0. The molecule has 2 unspecified atom stereocenters. The van der Waals surface area contributed by atoms with E-state index in [1.165, 1.54) is 17.5 Å². The molecule has 5 nitrogen and oxygen atoms in total. The van der Waals surface area contributed by atoms with Crippen LogP contribution in [0.15, 0.2) is 23.3 Å². The first-order chi connectivity index (χ1) is 9.13. The number of H-pyrrole nitrogens is 1. The minimum absolute atomic E-state index is 0.168. The summed E-state index contributed by atoms with van der Waals surface area (Å²) in [5, 5.41) is 6.52. The summed E-state index contributed by atoms with van der Waals surface area (Å²) in [6.45, 7) is 5.25. The Balaban J connectivity index is 1.87. The molecule has 19 heavy (non-hydrogen) atoms. The highest BCUT2D eigenvalue weighted by molar-refractivity contribution is 5.19. The van der Waals surface area contributed by atoms with E-state index in [0.717, 1.165) is 18.5 Å². The maximum atomic E-state index is 11.0. The van der Waals surface area contributed by atoms with Crippen molar-refractivity contribution in [2.75, 3.05) is 0 Å². The molecule has 1 N–H and O–H groups in total. The molecule has 2 atom stereocenters. The van der Waals surface area contributed by atoms with E-state index in [-0.39, 0.29) is 5.56 Å². The second-order valence-electron chi connectivity index (χ2n) is 5.54. The highest BCUT2D eigenvalue weighted by Gasteiger charge is 2.25. The van der Waals surface area contributed by atoms with Gasteiger partial charge in [-0.1, -0.05) is 13.8 Å². The molecule has 0 bridgehead atoms. The zero-order valence-corrected chi connectivity index (χ0v) is 11.3. The fourth-order valence-electron chi connectivity index (χ4n) is 2.64. The van der Waals surface area contributed by atoms with Crippen LogP contribution in [0.1, 0.15) is 30.9 Å². The van der Waals surface area contributed by atoms with Gasteiger partial charge < -0.3 is 4.57 Å². The van der Waals surface area contributed by atoms with Crippen molar-refractivity contribution in [2.24, 2.45) is 11.8 Å². The molecule has 1 aliphatic carbocycles. The SMILES string of the molecule is CC1Cc2ncn(Cc3ccc(=O)[nH]n3)c2CC1C. The van der Waals surface area contributed by atoms with Crippen molar-refractivity contribution < 1.29 is 0 Å². The highest BCUT2D eigenvalue weighted by atomic mass is 16.1. The number of hydrogen-bond acceptors (Lipinski definition) is 3. The second kappa shape index (κ2) is 4.64. The molecule has 3 rings (SSSR count). The van der Waals surface area contributed by atoms with Crippen LogP contribution >= 0.6 is 0 Å². The highest BCUT2D eigenvalue weighted by Crippen LogP contribution is 2.29. The molecular formula is C14H18N4O. The molecule has 0 aliphatic heterocycles. The van der Waals surface area contributed by atoms with Gasteiger partial charge in [0.05, 0.1) is 24.3 Å². The maximum Gasteiger partial charge on any atom is 0.264 e. The monoisotopic (exact) mass is 258 g/mol. The number of rotatable bonds is 2. The number of fused-ring (bicyclic) bond motifs is 1. The predicted octanol–water partition coefficient (Wildman–Crippen LogP) is 1.39. The Labute approximate surface area is 111 Å². The van der Waals surface area contributed by atoms with E-state index in [0.29, 0.717) is 18.4 Å². The third-order valence-corrected chi connectivity index (χ3v) is 4.10. The van der Waals surface area contributed by atoms with E-state index in [1.54, 1.807) is 6.07 Å². The number of imidazole rings is 1. The lowest BCUT2D eigenvalue weighted by molar-refractivity contribution is 0.349. The fourth-order valence-corrected chi connectivity index (χ4v) is 2.64. The Morgan fingerprint density at radius 2 is 2.11 bits per heavy atom. The fraction of sp³-hybridized carbons (Fsp3) is 0.500. The molecule has 0 spiro atoms. The molecule has 100 valence electrons. The topological polar surface area (TPSA) is 63.6 Å². The number of aromatic nitrogens is 4. The van der Waals surface area contributed by atoms with Crippen molar-refractivity contribution in [2.45, 2.75) is 33.2 Å². The molecule has 2 heterocycles. The summed E-state index contributed by atoms with van der Waals surface area (Å²) in [5.74, 6) is 1.38. The molecule has 2 aromatic heterocycles. The van der Waals surface area contributed by atoms with Gasteiger partial charge in [0.1, 0.15) is 0 Å². The van der Waals surface area contributed by atoms with Gasteiger partial charge in [0, 0.05) is 11.8 Å². The van der Waals surface area contributed by atoms with Gasteiger partial charge in [-0.05, 0) is 30.7 Å². The molecular weight excluding hydrogens is 240 g/mol. The first kappa shape index (κ1) is 12.1. The van der Waals surface area contributed by atoms with Crippen molar-refractivity contribution in [3.63, 3.8) is 0 Å². The van der Waals surface area contributed by atoms with E-state index in [2.05, 4.69) is 33.6 Å². The van der Waals surface area contributed by atoms with Gasteiger partial charge in [0.15, 0.2) is 0 Å². The summed E-state index contributed by atoms with van der Waals surface area (Å²) in [7, 11) is 0. The van der Waals surface area contributed by atoms with Crippen LogP contribution in [0.2, 0.25) is 0 Å². The zero-order valence-electron chi connectivity index (χ0n) is 11.3. The van der Waals surface area contributed by atoms with Crippen molar-refractivity contribution in [1.29, 1.82) is 0 Å². The van der Waals surface area contributed by atoms with Crippen LogP contribution in [0.25, 0.3) is 0 Å². The Hall–Kier alpha value is -1.91. The molecule has 2 aromatic rings. The van der Waals surface area contributed by atoms with Gasteiger partial charge in [0.2, 0.25) is 0 Å². The maximum absolute atomic E-state index is 11.0. The minimum Gasteiger partial charge on any atom is -0.328 e. The molecule has 1 aliphatic rings. The van der Waals surface area contributed by atoms with Gasteiger partial charge in [-0.25, -0.2) is 10.1 Å². The Morgan fingerprint density at radius 1 is 1.32 bits per heavy atom. The smallest absolute Gasteiger partial charge is 0.264 e. The van der Waals surface area contributed by atoms with Crippen LogP contribution < -0.4 is 5.56 Å². The van der Waals surface area contributed by atoms with Crippen molar-refractivity contribution in [1.82, 2.24) is 19.7 Å². The first-order valence-corrected chi connectivity index (χ1v) is 6.71. The summed E-state index contributed by atoms with van der Waals surface area (Å²) in [5.41, 5.74) is 3.22. The summed E-state index contributed by atoms with van der Waals surface area (Å²) in [6, 6.07) is 3.27. The van der Waals surface area contributed by atoms with E-state index < -0.39 is 0 Å². The molecule has 0 amide bonds. The summed E-state index contributed by atoms with van der Waals surface area (Å²) in [4.78, 5) is 15.5. The van der Waals surface area contributed by atoms with Crippen LogP contribution in [0.5, 0.6) is 0 Å². The van der Waals surface area contributed by atoms with E-state index >= 15 is 0 Å². The van der Waals surface area contributed by atoms with Crippen molar-refractivity contribution in [3.05, 3.63) is 45.9 Å². The average Bonchev–Trinajstić information content (AvgIpc) is 2.76. The Morgan fingerprint density at radius 3 is 2.84 bits per heavy atom.